The lowest BCUT2D eigenvalue weighted by Crippen LogP contribution is -2.63. The fraction of sp³-hybridized carbons (Fsp3) is 0.417. The summed E-state index contributed by atoms with van der Waals surface area (Å²) in [5, 5.41) is 6.01. The summed E-state index contributed by atoms with van der Waals surface area (Å²) in [6.07, 6.45) is 2.00. The van der Waals surface area contributed by atoms with Crippen LogP contribution in [0.4, 0.5) is 0 Å². The van der Waals surface area contributed by atoms with Crippen LogP contribution in [-0.2, 0) is 22.6 Å². The van der Waals surface area contributed by atoms with Crippen LogP contribution in [0.3, 0.4) is 0 Å². The van der Waals surface area contributed by atoms with Gasteiger partial charge in [0.1, 0.15) is 17.0 Å². The molecule has 2 aliphatic rings. The molecule has 1 N–H and O–H groups in total. The molecular formula is C24H27N3O4S. The number of carbonyl (C=O) groups is 2. The molecule has 3 aromatic rings. The van der Waals surface area contributed by atoms with Gasteiger partial charge >= 0.3 is 0 Å². The average molecular weight is 454 g/mol. The van der Waals surface area contributed by atoms with E-state index < -0.39 is 5.54 Å². The van der Waals surface area contributed by atoms with Gasteiger partial charge < -0.3 is 24.3 Å². The Morgan fingerprint density at radius 3 is 2.94 bits per heavy atom. The fourth-order valence-electron chi connectivity index (χ4n) is 4.67. The van der Waals surface area contributed by atoms with E-state index in [2.05, 4.69) is 5.32 Å². The largest absolute Gasteiger partial charge is 0.497 e. The van der Waals surface area contributed by atoms with Crippen molar-refractivity contribution < 1.29 is 19.1 Å². The number of aromatic nitrogens is 1. The summed E-state index contributed by atoms with van der Waals surface area (Å²) in [6.45, 7) is 3.82. The lowest BCUT2D eigenvalue weighted by molar-refractivity contribution is -0.133. The Bertz CT molecular complexity index is 1150. The second-order valence-corrected chi connectivity index (χ2v) is 9.66. The number of hydrogen-bond donors (Lipinski definition) is 1. The summed E-state index contributed by atoms with van der Waals surface area (Å²) in [5.74, 6) is 0.416. The SMILES string of the molecule is COc1ccc2cc3n(c2c1)C[C@](C)(C(=O)NC[C@@H]1CCCO1)N(Cc1cccs1)C3=O. The minimum Gasteiger partial charge on any atom is -0.497 e. The van der Waals surface area contributed by atoms with Crippen molar-refractivity contribution >= 4 is 34.1 Å². The van der Waals surface area contributed by atoms with Crippen molar-refractivity contribution in [2.24, 2.45) is 0 Å². The lowest BCUT2D eigenvalue weighted by Gasteiger charge is -2.44. The molecule has 0 spiro atoms. The second-order valence-electron chi connectivity index (χ2n) is 8.63. The molecule has 2 aliphatic heterocycles. The van der Waals surface area contributed by atoms with Crippen molar-refractivity contribution in [2.75, 3.05) is 20.3 Å². The number of nitrogens with one attached hydrogen (secondary N) is 1. The van der Waals surface area contributed by atoms with Crippen LogP contribution < -0.4 is 10.1 Å². The Balaban J connectivity index is 1.53. The van der Waals surface area contributed by atoms with Gasteiger partial charge in [0.15, 0.2) is 0 Å². The van der Waals surface area contributed by atoms with Gasteiger partial charge in [-0.25, -0.2) is 0 Å². The van der Waals surface area contributed by atoms with Gasteiger partial charge in [-0.3, -0.25) is 9.59 Å². The third-order valence-electron chi connectivity index (χ3n) is 6.53. The smallest absolute Gasteiger partial charge is 0.271 e. The number of benzene rings is 1. The summed E-state index contributed by atoms with van der Waals surface area (Å²) >= 11 is 1.59. The molecule has 1 fully saturated rings. The van der Waals surface area contributed by atoms with Crippen LogP contribution in [0.2, 0.25) is 0 Å². The zero-order valence-electron chi connectivity index (χ0n) is 18.3. The molecule has 0 aliphatic carbocycles. The quantitative estimate of drug-likeness (QED) is 0.621. The molecule has 5 rings (SSSR count). The summed E-state index contributed by atoms with van der Waals surface area (Å²) < 4.78 is 13.0. The average Bonchev–Trinajstić information content (AvgIpc) is 3.56. The topological polar surface area (TPSA) is 72.8 Å². The van der Waals surface area contributed by atoms with Gasteiger partial charge in [0.25, 0.3) is 5.91 Å². The summed E-state index contributed by atoms with van der Waals surface area (Å²) in [4.78, 5) is 30.0. The first-order valence-corrected chi connectivity index (χ1v) is 11.8. The number of carbonyl (C=O) groups excluding carboxylic acids is 2. The number of amides is 2. The van der Waals surface area contributed by atoms with Gasteiger partial charge in [-0.1, -0.05) is 6.07 Å². The standard InChI is InChI=1S/C24H27N3O4S/c1-24(23(29)25-13-18-5-3-9-31-18)15-26-20-12-17(30-2)8-7-16(20)11-21(26)22(28)27(24)14-19-6-4-10-32-19/h4,6-8,10-12,18H,3,5,9,13-15H2,1-2H3,(H,25,29)/t18-,24+/m0/s1. The number of rotatable bonds is 6. The van der Waals surface area contributed by atoms with Crippen molar-refractivity contribution in [1.29, 1.82) is 0 Å². The van der Waals surface area contributed by atoms with Gasteiger partial charge in [-0.15, -0.1) is 11.3 Å². The van der Waals surface area contributed by atoms with Crippen molar-refractivity contribution in [3.05, 3.63) is 52.3 Å². The van der Waals surface area contributed by atoms with E-state index in [0.717, 1.165) is 41.0 Å². The van der Waals surface area contributed by atoms with E-state index in [4.69, 9.17) is 9.47 Å². The molecule has 8 heteroatoms. The first kappa shape index (κ1) is 21.0. The highest BCUT2D eigenvalue weighted by Crippen LogP contribution is 2.35. The van der Waals surface area contributed by atoms with Crippen molar-refractivity contribution in [1.82, 2.24) is 14.8 Å². The lowest BCUT2D eigenvalue weighted by atomic mass is 9.94. The van der Waals surface area contributed by atoms with E-state index in [0.29, 0.717) is 25.3 Å². The zero-order chi connectivity index (χ0) is 22.3. The molecular weight excluding hydrogens is 426 g/mol. The molecule has 2 amide bonds. The molecule has 4 heterocycles. The third kappa shape index (κ3) is 3.57. The highest BCUT2D eigenvalue weighted by atomic mass is 32.1. The van der Waals surface area contributed by atoms with Crippen LogP contribution in [0.1, 0.15) is 35.1 Å². The number of thiophene rings is 1. The predicted molar refractivity (Wildman–Crippen MR) is 123 cm³/mol. The molecule has 32 heavy (non-hydrogen) atoms. The van der Waals surface area contributed by atoms with Crippen LogP contribution in [-0.4, -0.2) is 53.2 Å². The van der Waals surface area contributed by atoms with Crippen LogP contribution in [0.5, 0.6) is 5.75 Å². The Labute approximate surface area is 190 Å². The molecule has 0 bridgehead atoms. The Morgan fingerprint density at radius 2 is 2.22 bits per heavy atom. The predicted octanol–water partition coefficient (Wildman–Crippen LogP) is 3.42. The second kappa shape index (κ2) is 8.26. The van der Waals surface area contributed by atoms with Gasteiger partial charge in [-0.2, -0.15) is 0 Å². The van der Waals surface area contributed by atoms with Crippen molar-refractivity contribution in [2.45, 2.75) is 44.5 Å². The van der Waals surface area contributed by atoms with Crippen molar-refractivity contribution in [3.8, 4) is 5.75 Å². The van der Waals surface area contributed by atoms with Gasteiger partial charge in [-0.05, 0) is 49.4 Å². The summed E-state index contributed by atoms with van der Waals surface area (Å²) in [5.41, 5.74) is 0.442. The van der Waals surface area contributed by atoms with Crippen molar-refractivity contribution in [3.63, 3.8) is 0 Å². The molecule has 168 valence electrons. The molecule has 1 aromatic carbocycles. The van der Waals surface area contributed by atoms with Crippen LogP contribution in [0.15, 0.2) is 41.8 Å². The Hall–Kier alpha value is -2.84. The molecule has 1 saturated heterocycles. The minimum absolute atomic E-state index is 0.0415. The first-order valence-electron chi connectivity index (χ1n) is 10.9. The van der Waals surface area contributed by atoms with E-state index in [1.54, 1.807) is 23.3 Å². The Morgan fingerprint density at radius 1 is 1.34 bits per heavy atom. The zero-order valence-corrected chi connectivity index (χ0v) is 19.1. The normalized spacial score (nSPS) is 22.9. The Kier molecular flexibility index (Phi) is 5.43. The highest BCUT2D eigenvalue weighted by molar-refractivity contribution is 7.09. The van der Waals surface area contributed by atoms with E-state index in [-0.39, 0.29) is 17.9 Å². The fourth-order valence-corrected chi connectivity index (χ4v) is 5.36. The van der Waals surface area contributed by atoms with Crippen LogP contribution >= 0.6 is 11.3 Å². The van der Waals surface area contributed by atoms with E-state index >= 15 is 0 Å². The van der Waals surface area contributed by atoms with E-state index in [1.807, 2.05) is 53.3 Å². The summed E-state index contributed by atoms with van der Waals surface area (Å²) in [7, 11) is 1.62. The first-order chi connectivity index (χ1) is 15.5. The number of ether oxygens (including phenoxy) is 2. The highest BCUT2D eigenvalue weighted by Gasteiger charge is 2.47. The molecule has 2 aromatic heterocycles. The van der Waals surface area contributed by atoms with Gasteiger partial charge in [0.05, 0.1) is 31.8 Å². The number of methoxy groups -OCH3 is 1. The van der Waals surface area contributed by atoms with Crippen LogP contribution in [0.25, 0.3) is 10.9 Å². The molecule has 2 atom stereocenters. The number of nitrogens with zero attached hydrogens (tertiary/aromatic N) is 2. The maximum atomic E-state index is 13.7. The third-order valence-corrected chi connectivity index (χ3v) is 7.40. The maximum Gasteiger partial charge on any atom is 0.271 e. The van der Waals surface area contributed by atoms with E-state index in [1.165, 1.54) is 0 Å². The van der Waals surface area contributed by atoms with Gasteiger partial charge in [0, 0.05) is 29.5 Å². The maximum absolute atomic E-state index is 13.7. The molecule has 0 unspecified atom stereocenters. The minimum atomic E-state index is -1.04. The molecule has 0 saturated carbocycles. The molecule has 7 nitrogen and oxygen atoms in total. The monoisotopic (exact) mass is 453 g/mol. The number of fused-ring (bicyclic) bond motifs is 3. The van der Waals surface area contributed by atoms with Gasteiger partial charge in [0.2, 0.25) is 5.91 Å². The van der Waals surface area contributed by atoms with Crippen LogP contribution in [0, 0.1) is 0 Å². The van der Waals surface area contributed by atoms with E-state index in [9.17, 15) is 9.59 Å². The molecule has 0 radical (unpaired) electrons. The summed E-state index contributed by atoms with van der Waals surface area (Å²) in [6, 6.07) is 11.6. The number of hydrogen-bond acceptors (Lipinski definition) is 5.